The lowest BCUT2D eigenvalue weighted by molar-refractivity contribution is -0.163. The van der Waals surface area contributed by atoms with Gasteiger partial charge in [-0.15, -0.1) is 0 Å². The van der Waals surface area contributed by atoms with E-state index in [2.05, 4.69) is 118 Å². The van der Waals surface area contributed by atoms with Gasteiger partial charge in [0, 0.05) is 19.4 Å². The van der Waals surface area contributed by atoms with E-state index in [1.807, 2.05) is 0 Å². The Morgan fingerprint density at radius 2 is 0.697 bits per heavy atom. The maximum absolute atomic E-state index is 12.8. The SMILES string of the molecule is CC/C=C\C/C=C\C/C=C\C/C=C\C/C=C\CCCCCCOCC(COC(=O)CCCCCCCCCCC/C=C\C/C=C\CCCCC)OC(=O)CCCCCCC/C=C\CCCC. The van der Waals surface area contributed by atoms with E-state index in [4.69, 9.17) is 14.2 Å². The molecule has 378 valence electrons. The Balaban J connectivity index is 4.29. The molecule has 5 heteroatoms. The maximum atomic E-state index is 12.8. The molecule has 0 aromatic rings. The van der Waals surface area contributed by atoms with Gasteiger partial charge in [-0.25, -0.2) is 0 Å². The number of allylic oxidation sites excluding steroid dienone is 16. The molecule has 1 atom stereocenters. The summed E-state index contributed by atoms with van der Waals surface area (Å²) in [6.07, 6.45) is 75.7. The van der Waals surface area contributed by atoms with Crippen LogP contribution in [0.5, 0.6) is 0 Å². The lowest BCUT2D eigenvalue weighted by Gasteiger charge is -2.18. The fourth-order valence-corrected chi connectivity index (χ4v) is 7.43. The molecular formula is C61H104O5. The average Bonchev–Trinajstić information content (AvgIpc) is 3.32. The fourth-order valence-electron chi connectivity index (χ4n) is 7.43. The van der Waals surface area contributed by atoms with Crippen molar-refractivity contribution in [2.45, 2.75) is 258 Å². The van der Waals surface area contributed by atoms with Crippen molar-refractivity contribution < 1.29 is 23.8 Å². The highest BCUT2D eigenvalue weighted by atomic mass is 16.6. The van der Waals surface area contributed by atoms with Crippen LogP contribution < -0.4 is 0 Å². The summed E-state index contributed by atoms with van der Waals surface area (Å²) < 4.78 is 17.4. The number of ether oxygens (including phenoxy) is 3. The van der Waals surface area contributed by atoms with Crippen LogP contribution in [0.2, 0.25) is 0 Å². The third-order valence-electron chi connectivity index (χ3n) is 11.6. The van der Waals surface area contributed by atoms with E-state index in [1.165, 1.54) is 116 Å². The van der Waals surface area contributed by atoms with Crippen LogP contribution in [0.25, 0.3) is 0 Å². The first-order chi connectivity index (χ1) is 32.6. The molecule has 0 spiro atoms. The summed E-state index contributed by atoms with van der Waals surface area (Å²) in [5, 5.41) is 0. The summed E-state index contributed by atoms with van der Waals surface area (Å²) in [7, 11) is 0. The minimum atomic E-state index is -0.561. The van der Waals surface area contributed by atoms with Crippen LogP contribution in [0.15, 0.2) is 97.2 Å². The van der Waals surface area contributed by atoms with E-state index >= 15 is 0 Å². The topological polar surface area (TPSA) is 61.8 Å². The van der Waals surface area contributed by atoms with Gasteiger partial charge in [-0.1, -0.05) is 221 Å². The van der Waals surface area contributed by atoms with Gasteiger partial charge in [0.25, 0.3) is 0 Å². The van der Waals surface area contributed by atoms with Crippen molar-refractivity contribution in [2.24, 2.45) is 0 Å². The molecule has 5 nitrogen and oxygen atoms in total. The zero-order chi connectivity index (χ0) is 47.7. The van der Waals surface area contributed by atoms with Crippen LogP contribution in [0.1, 0.15) is 252 Å². The van der Waals surface area contributed by atoms with E-state index in [0.29, 0.717) is 19.4 Å². The fraction of sp³-hybridized carbons (Fsp3) is 0.705. The first-order valence-corrected chi connectivity index (χ1v) is 27.8. The molecule has 1 unspecified atom stereocenters. The van der Waals surface area contributed by atoms with E-state index in [1.54, 1.807) is 0 Å². The number of carbonyl (C=O) groups excluding carboxylic acids is 2. The second-order valence-electron chi connectivity index (χ2n) is 18.1. The molecule has 0 aliphatic carbocycles. The Bertz CT molecular complexity index is 1270. The van der Waals surface area contributed by atoms with Crippen LogP contribution >= 0.6 is 0 Å². The van der Waals surface area contributed by atoms with Crippen LogP contribution in [0, 0.1) is 0 Å². The minimum absolute atomic E-state index is 0.0650. The van der Waals surface area contributed by atoms with Gasteiger partial charge in [0.1, 0.15) is 6.61 Å². The molecular weight excluding hydrogens is 813 g/mol. The van der Waals surface area contributed by atoms with Gasteiger partial charge >= 0.3 is 11.9 Å². The standard InChI is InChI=1S/C61H104O5/c1-4-7-10-13-16-19-22-24-26-28-30-32-34-36-38-41-44-47-50-53-56-64-57-59(66-61(63)55-52-49-46-43-39-21-18-15-12-9-6-3)58-65-60(62)54-51-48-45-42-40-37-35-33-31-29-27-25-23-20-17-14-11-8-5-2/h7,10,15-20,24-27,30,32,36,38,59H,4-6,8-9,11-14,21-23,28-29,31,33-35,37,39-58H2,1-3H3/b10-7-,18-15-,19-16-,20-17-,26-24-,27-25-,32-30-,38-36-. The molecule has 0 aromatic carbocycles. The zero-order valence-electron chi connectivity index (χ0n) is 43.4. The van der Waals surface area contributed by atoms with Gasteiger partial charge in [0.05, 0.1) is 6.61 Å². The van der Waals surface area contributed by atoms with Gasteiger partial charge in [-0.2, -0.15) is 0 Å². The van der Waals surface area contributed by atoms with Crippen LogP contribution in [-0.2, 0) is 23.8 Å². The largest absolute Gasteiger partial charge is 0.462 e. The maximum Gasteiger partial charge on any atom is 0.306 e. The van der Waals surface area contributed by atoms with Crippen LogP contribution in [0.4, 0.5) is 0 Å². The van der Waals surface area contributed by atoms with Crippen molar-refractivity contribution in [1.29, 1.82) is 0 Å². The monoisotopic (exact) mass is 917 g/mol. The highest BCUT2D eigenvalue weighted by molar-refractivity contribution is 5.70. The van der Waals surface area contributed by atoms with Crippen molar-refractivity contribution in [3.05, 3.63) is 97.2 Å². The normalized spacial score (nSPS) is 13.0. The third kappa shape index (κ3) is 53.4. The highest BCUT2D eigenvalue weighted by Gasteiger charge is 2.17. The Morgan fingerprint density at radius 3 is 1.15 bits per heavy atom. The van der Waals surface area contributed by atoms with Gasteiger partial charge in [-0.05, 0) is 116 Å². The van der Waals surface area contributed by atoms with Gasteiger partial charge in [0.2, 0.25) is 0 Å². The van der Waals surface area contributed by atoms with Crippen LogP contribution in [-0.4, -0.2) is 37.9 Å². The first-order valence-electron chi connectivity index (χ1n) is 27.8. The van der Waals surface area contributed by atoms with Crippen LogP contribution in [0.3, 0.4) is 0 Å². The quantitative estimate of drug-likeness (QED) is 0.0346. The number of rotatable bonds is 50. The van der Waals surface area contributed by atoms with Crippen molar-refractivity contribution in [3.8, 4) is 0 Å². The van der Waals surface area contributed by atoms with Gasteiger partial charge < -0.3 is 14.2 Å². The molecule has 0 fully saturated rings. The lowest BCUT2D eigenvalue weighted by Crippen LogP contribution is -2.30. The predicted molar refractivity (Wildman–Crippen MR) is 288 cm³/mol. The molecule has 0 heterocycles. The van der Waals surface area contributed by atoms with Gasteiger partial charge in [-0.3, -0.25) is 9.59 Å². The van der Waals surface area contributed by atoms with Crippen molar-refractivity contribution in [1.82, 2.24) is 0 Å². The molecule has 0 bridgehead atoms. The second kappa shape index (κ2) is 56.1. The van der Waals surface area contributed by atoms with E-state index < -0.39 is 6.10 Å². The Kier molecular flexibility index (Phi) is 53.4. The minimum Gasteiger partial charge on any atom is -0.462 e. The third-order valence-corrected chi connectivity index (χ3v) is 11.6. The first kappa shape index (κ1) is 62.8. The van der Waals surface area contributed by atoms with E-state index in [-0.39, 0.29) is 25.2 Å². The van der Waals surface area contributed by atoms with Crippen molar-refractivity contribution >= 4 is 11.9 Å². The molecule has 0 saturated heterocycles. The number of hydrogen-bond acceptors (Lipinski definition) is 5. The summed E-state index contributed by atoms with van der Waals surface area (Å²) in [4.78, 5) is 25.4. The molecule has 0 radical (unpaired) electrons. The second-order valence-corrected chi connectivity index (χ2v) is 18.1. The smallest absolute Gasteiger partial charge is 0.306 e. The summed E-state index contributed by atoms with van der Waals surface area (Å²) in [5.74, 6) is -0.428. The summed E-state index contributed by atoms with van der Waals surface area (Å²) in [5.41, 5.74) is 0. The Hall–Kier alpha value is -3.18. The van der Waals surface area contributed by atoms with E-state index in [0.717, 1.165) is 103 Å². The lowest BCUT2D eigenvalue weighted by atomic mass is 10.1. The molecule has 0 N–H and O–H groups in total. The predicted octanol–water partition coefficient (Wildman–Crippen LogP) is 19.0. The molecule has 0 saturated carbocycles. The molecule has 0 amide bonds. The van der Waals surface area contributed by atoms with Crippen molar-refractivity contribution in [2.75, 3.05) is 19.8 Å². The average molecular weight is 917 g/mol. The summed E-state index contributed by atoms with van der Waals surface area (Å²) in [6, 6.07) is 0. The van der Waals surface area contributed by atoms with E-state index in [9.17, 15) is 9.59 Å². The Morgan fingerprint density at radius 1 is 0.348 bits per heavy atom. The highest BCUT2D eigenvalue weighted by Crippen LogP contribution is 2.14. The molecule has 0 aliphatic rings. The Labute approximate surface area is 409 Å². The summed E-state index contributed by atoms with van der Waals surface area (Å²) >= 11 is 0. The summed E-state index contributed by atoms with van der Waals surface area (Å²) in [6.45, 7) is 7.59. The number of unbranched alkanes of at least 4 members (excludes halogenated alkanes) is 23. The van der Waals surface area contributed by atoms with Crippen molar-refractivity contribution in [3.63, 3.8) is 0 Å². The number of carbonyl (C=O) groups is 2. The number of hydrogen-bond donors (Lipinski definition) is 0. The molecule has 0 aromatic heterocycles. The molecule has 0 rings (SSSR count). The molecule has 0 aliphatic heterocycles. The molecule has 66 heavy (non-hydrogen) atoms. The zero-order valence-corrected chi connectivity index (χ0v) is 43.4. The van der Waals surface area contributed by atoms with Gasteiger partial charge in [0.15, 0.2) is 6.10 Å². The number of esters is 2.